The maximum absolute atomic E-state index is 12.8. The first-order valence-corrected chi connectivity index (χ1v) is 10.5. The SMILES string of the molecule is CCCCCCCC[C@H](N[C@@H](C)C(=O)N1C(=O)N(C)C[C@H]1C(=O)O)C(=O)OCC. The summed E-state index contributed by atoms with van der Waals surface area (Å²) in [5.41, 5.74) is 0. The highest BCUT2D eigenvalue weighted by molar-refractivity contribution is 6.02. The first-order chi connectivity index (χ1) is 13.7. The van der Waals surface area contributed by atoms with E-state index in [1.54, 1.807) is 6.92 Å². The van der Waals surface area contributed by atoms with Gasteiger partial charge in [-0.05, 0) is 20.3 Å². The van der Waals surface area contributed by atoms with E-state index in [0.717, 1.165) is 37.0 Å². The van der Waals surface area contributed by atoms with Gasteiger partial charge in [-0.2, -0.15) is 0 Å². The van der Waals surface area contributed by atoms with Gasteiger partial charge in [0.1, 0.15) is 6.04 Å². The van der Waals surface area contributed by atoms with E-state index in [1.165, 1.54) is 25.3 Å². The maximum Gasteiger partial charge on any atom is 0.328 e. The van der Waals surface area contributed by atoms with Gasteiger partial charge in [-0.3, -0.25) is 14.9 Å². The van der Waals surface area contributed by atoms with E-state index in [9.17, 15) is 24.3 Å². The lowest BCUT2D eigenvalue weighted by Crippen LogP contribution is -2.54. The number of amides is 3. The Balaban J connectivity index is 2.72. The van der Waals surface area contributed by atoms with E-state index in [2.05, 4.69) is 12.2 Å². The first kappa shape index (κ1) is 24.9. The van der Waals surface area contributed by atoms with E-state index in [4.69, 9.17) is 4.74 Å². The van der Waals surface area contributed by atoms with Gasteiger partial charge in [-0.15, -0.1) is 0 Å². The van der Waals surface area contributed by atoms with Crippen LogP contribution in [0.5, 0.6) is 0 Å². The summed E-state index contributed by atoms with van der Waals surface area (Å²) in [6.45, 7) is 5.56. The quantitative estimate of drug-likeness (QED) is 0.350. The molecule has 2 N–H and O–H groups in total. The van der Waals surface area contributed by atoms with Gasteiger partial charge in [0.15, 0.2) is 6.04 Å². The van der Waals surface area contributed by atoms with Crippen molar-refractivity contribution < 1.29 is 29.0 Å². The van der Waals surface area contributed by atoms with Crippen molar-refractivity contribution in [3.05, 3.63) is 0 Å². The van der Waals surface area contributed by atoms with E-state index in [1.807, 2.05) is 0 Å². The molecular formula is C20H35N3O6. The van der Waals surface area contributed by atoms with Crippen molar-refractivity contribution in [3.8, 4) is 0 Å². The zero-order valence-electron chi connectivity index (χ0n) is 18.0. The predicted molar refractivity (Wildman–Crippen MR) is 107 cm³/mol. The van der Waals surface area contributed by atoms with Gasteiger partial charge in [0.05, 0.1) is 19.2 Å². The number of hydrogen-bond donors (Lipinski definition) is 2. The van der Waals surface area contributed by atoms with Crippen molar-refractivity contribution >= 4 is 23.9 Å². The lowest BCUT2D eigenvalue weighted by molar-refractivity contribution is -0.148. The van der Waals surface area contributed by atoms with Crippen LogP contribution in [0.4, 0.5) is 4.79 Å². The number of hydrogen-bond acceptors (Lipinski definition) is 6. The van der Waals surface area contributed by atoms with Crippen molar-refractivity contribution in [3.63, 3.8) is 0 Å². The molecule has 0 radical (unpaired) electrons. The standard InChI is InChI=1S/C20H35N3O6/c1-5-7-8-9-10-11-12-15(19(27)29-6-2)21-14(3)17(24)23-16(18(25)26)13-22(4)20(23)28/h14-16,21H,5-13H2,1-4H3,(H,25,26)/t14-,15-,16-/m0/s1. The van der Waals surface area contributed by atoms with E-state index in [0.29, 0.717) is 6.42 Å². The Morgan fingerprint density at radius 2 is 1.79 bits per heavy atom. The van der Waals surface area contributed by atoms with E-state index < -0.39 is 42.0 Å². The highest BCUT2D eigenvalue weighted by Gasteiger charge is 2.45. The second-order valence-corrected chi connectivity index (χ2v) is 7.47. The first-order valence-electron chi connectivity index (χ1n) is 10.5. The summed E-state index contributed by atoms with van der Waals surface area (Å²) in [4.78, 5) is 50.7. The van der Waals surface area contributed by atoms with Crippen LogP contribution in [0, 0.1) is 0 Å². The topological polar surface area (TPSA) is 116 Å². The largest absolute Gasteiger partial charge is 0.480 e. The Bertz CT molecular complexity index is 583. The van der Waals surface area contributed by atoms with Crippen LogP contribution in [0.2, 0.25) is 0 Å². The number of likely N-dealkylation sites (N-methyl/N-ethyl adjacent to an activating group) is 1. The molecule has 1 heterocycles. The van der Waals surface area contributed by atoms with Crippen molar-refractivity contribution in [2.45, 2.75) is 83.8 Å². The zero-order chi connectivity index (χ0) is 22.0. The fourth-order valence-corrected chi connectivity index (χ4v) is 3.40. The number of esters is 1. The third kappa shape index (κ3) is 7.30. The lowest BCUT2D eigenvalue weighted by Gasteiger charge is -2.26. The molecule has 1 aliphatic rings. The second kappa shape index (κ2) is 12.4. The van der Waals surface area contributed by atoms with Crippen LogP contribution >= 0.6 is 0 Å². The van der Waals surface area contributed by atoms with Crippen LogP contribution in [0.15, 0.2) is 0 Å². The summed E-state index contributed by atoms with van der Waals surface area (Å²) >= 11 is 0. The summed E-state index contributed by atoms with van der Waals surface area (Å²) in [7, 11) is 1.45. The minimum Gasteiger partial charge on any atom is -0.480 e. The number of nitrogens with zero attached hydrogens (tertiary/aromatic N) is 2. The molecule has 0 aromatic rings. The van der Waals surface area contributed by atoms with Crippen molar-refractivity contribution in [2.75, 3.05) is 20.2 Å². The summed E-state index contributed by atoms with van der Waals surface area (Å²) in [6.07, 6.45) is 6.90. The van der Waals surface area contributed by atoms with Gasteiger partial charge in [0, 0.05) is 7.05 Å². The monoisotopic (exact) mass is 413 g/mol. The summed E-state index contributed by atoms with van der Waals surface area (Å²) < 4.78 is 5.11. The highest BCUT2D eigenvalue weighted by atomic mass is 16.5. The molecule has 1 rings (SSSR count). The molecular weight excluding hydrogens is 378 g/mol. The van der Waals surface area contributed by atoms with Gasteiger partial charge in [-0.25, -0.2) is 14.5 Å². The van der Waals surface area contributed by atoms with Gasteiger partial charge >= 0.3 is 18.0 Å². The molecule has 3 atom stereocenters. The van der Waals surface area contributed by atoms with Crippen LogP contribution in [0.1, 0.15) is 65.7 Å². The minimum atomic E-state index is -1.24. The van der Waals surface area contributed by atoms with Crippen molar-refractivity contribution in [1.82, 2.24) is 15.1 Å². The number of urea groups is 1. The predicted octanol–water partition coefficient (Wildman–Crippen LogP) is 1.99. The smallest absolute Gasteiger partial charge is 0.328 e. The fourth-order valence-electron chi connectivity index (χ4n) is 3.40. The van der Waals surface area contributed by atoms with Crippen molar-refractivity contribution in [2.24, 2.45) is 0 Å². The zero-order valence-corrected chi connectivity index (χ0v) is 18.0. The van der Waals surface area contributed by atoms with Crippen LogP contribution in [0.25, 0.3) is 0 Å². The maximum atomic E-state index is 12.8. The molecule has 0 saturated carbocycles. The molecule has 29 heavy (non-hydrogen) atoms. The van der Waals surface area contributed by atoms with Crippen LogP contribution in [-0.4, -0.2) is 77.1 Å². The Kier molecular flexibility index (Phi) is 10.6. The number of carbonyl (C=O) groups is 4. The highest BCUT2D eigenvalue weighted by Crippen LogP contribution is 2.17. The molecule has 0 bridgehead atoms. The summed E-state index contributed by atoms with van der Waals surface area (Å²) in [6, 6.07) is -3.47. The molecule has 9 heteroatoms. The number of rotatable bonds is 13. The Labute approximate surface area is 172 Å². The molecule has 0 aromatic heterocycles. The van der Waals surface area contributed by atoms with Crippen LogP contribution in [-0.2, 0) is 19.1 Å². The fraction of sp³-hybridized carbons (Fsp3) is 0.800. The number of carboxylic acid groups (broad SMARTS) is 1. The number of unbranched alkanes of at least 4 members (excludes halogenated alkanes) is 5. The third-order valence-electron chi connectivity index (χ3n) is 5.05. The third-order valence-corrected chi connectivity index (χ3v) is 5.05. The molecule has 0 aromatic carbocycles. The number of aliphatic carboxylic acids is 1. The van der Waals surface area contributed by atoms with Gasteiger partial charge < -0.3 is 14.7 Å². The van der Waals surface area contributed by atoms with Gasteiger partial charge in [-0.1, -0.05) is 45.4 Å². The number of ether oxygens (including phenoxy) is 1. The number of nitrogens with one attached hydrogen (secondary N) is 1. The summed E-state index contributed by atoms with van der Waals surface area (Å²) in [5.74, 6) is -2.35. The van der Waals surface area contributed by atoms with Crippen LogP contribution < -0.4 is 5.32 Å². The molecule has 9 nitrogen and oxygen atoms in total. The average molecular weight is 414 g/mol. The summed E-state index contributed by atoms with van der Waals surface area (Å²) in [5, 5.41) is 12.3. The number of carbonyl (C=O) groups excluding carboxylic acids is 3. The molecule has 0 unspecified atom stereocenters. The lowest BCUT2D eigenvalue weighted by atomic mass is 10.0. The Morgan fingerprint density at radius 3 is 2.38 bits per heavy atom. The molecule has 1 saturated heterocycles. The normalized spacial score (nSPS) is 18.6. The Hall–Kier alpha value is -2.16. The number of carboxylic acids is 1. The molecule has 1 aliphatic heterocycles. The molecule has 166 valence electrons. The van der Waals surface area contributed by atoms with E-state index >= 15 is 0 Å². The van der Waals surface area contributed by atoms with Gasteiger partial charge in [0.2, 0.25) is 5.91 Å². The van der Waals surface area contributed by atoms with Crippen LogP contribution in [0.3, 0.4) is 0 Å². The average Bonchev–Trinajstić information content (AvgIpc) is 2.98. The Morgan fingerprint density at radius 1 is 1.17 bits per heavy atom. The molecule has 3 amide bonds. The minimum absolute atomic E-state index is 0.0638. The molecule has 1 fully saturated rings. The van der Waals surface area contributed by atoms with Gasteiger partial charge in [0.25, 0.3) is 0 Å². The molecule has 0 spiro atoms. The van der Waals surface area contributed by atoms with E-state index in [-0.39, 0.29) is 13.2 Å². The van der Waals surface area contributed by atoms with Crippen molar-refractivity contribution in [1.29, 1.82) is 0 Å². The molecule has 0 aliphatic carbocycles. The number of imide groups is 1. The second-order valence-electron chi connectivity index (χ2n) is 7.47.